The minimum Gasteiger partial charge on any atom is -0.504 e. The first-order valence-corrected chi connectivity index (χ1v) is 5.47. The van der Waals surface area contributed by atoms with E-state index in [0.717, 1.165) is 6.42 Å². The summed E-state index contributed by atoms with van der Waals surface area (Å²) in [5.74, 6) is 0.487. The maximum atomic E-state index is 11.1. The van der Waals surface area contributed by atoms with Crippen LogP contribution in [0.25, 0.3) is 0 Å². The predicted molar refractivity (Wildman–Crippen MR) is 61.5 cm³/mol. The molecular formula is C12H16O5. The predicted octanol–water partition coefficient (Wildman–Crippen LogP) is 2.72. The highest BCUT2D eigenvalue weighted by Crippen LogP contribution is 2.30. The molecule has 0 aliphatic rings. The Kier molecular flexibility index (Phi) is 5.13. The zero-order valence-corrected chi connectivity index (χ0v) is 9.93. The molecule has 0 fully saturated rings. The molecule has 0 heterocycles. The van der Waals surface area contributed by atoms with E-state index in [4.69, 9.17) is 14.2 Å². The molecule has 0 saturated heterocycles. The molecule has 0 radical (unpaired) electrons. The van der Waals surface area contributed by atoms with Crippen molar-refractivity contribution < 1.29 is 24.1 Å². The molecule has 0 bridgehead atoms. The molecule has 94 valence electrons. The van der Waals surface area contributed by atoms with Gasteiger partial charge in [0.1, 0.15) is 5.75 Å². The maximum absolute atomic E-state index is 11.1. The summed E-state index contributed by atoms with van der Waals surface area (Å²) in [6, 6.07) is 4.36. The summed E-state index contributed by atoms with van der Waals surface area (Å²) in [7, 11) is 0. The highest BCUT2D eigenvalue weighted by atomic mass is 16.7. The number of benzene rings is 1. The lowest BCUT2D eigenvalue weighted by molar-refractivity contribution is 0.0990. The number of phenolic OH excluding ortho intramolecular Hbond substituents is 1. The normalized spacial score (nSPS) is 9.76. The van der Waals surface area contributed by atoms with Crippen LogP contribution in [-0.4, -0.2) is 24.5 Å². The average molecular weight is 240 g/mol. The lowest BCUT2D eigenvalue weighted by atomic mass is 10.3. The molecule has 0 aromatic heterocycles. The van der Waals surface area contributed by atoms with Gasteiger partial charge in [-0.05, 0) is 25.5 Å². The number of rotatable bonds is 5. The topological polar surface area (TPSA) is 65.0 Å². The highest BCUT2D eigenvalue weighted by molar-refractivity contribution is 5.64. The fraction of sp³-hybridized carbons (Fsp3) is 0.417. The van der Waals surface area contributed by atoms with Crippen LogP contribution in [0.3, 0.4) is 0 Å². The molecule has 0 spiro atoms. The summed E-state index contributed by atoms with van der Waals surface area (Å²) < 4.78 is 14.7. The van der Waals surface area contributed by atoms with Gasteiger partial charge in [0, 0.05) is 6.07 Å². The largest absolute Gasteiger partial charge is 0.513 e. The second-order valence-corrected chi connectivity index (χ2v) is 3.26. The van der Waals surface area contributed by atoms with E-state index >= 15 is 0 Å². The van der Waals surface area contributed by atoms with Gasteiger partial charge in [0.15, 0.2) is 11.5 Å². The van der Waals surface area contributed by atoms with Crippen molar-refractivity contribution in [3.05, 3.63) is 18.2 Å². The third-order valence-corrected chi connectivity index (χ3v) is 1.86. The van der Waals surface area contributed by atoms with E-state index in [-0.39, 0.29) is 11.5 Å². The molecule has 0 aliphatic carbocycles. The highest BCUT2D eigenvalue weighted by Gasteiger charge is 2.08. The molecular weight excluding hydrogens is 224 g/mol. The van der Waals surface area contributed by atoms with Crippen LogP contribution in [0.4, 0.5) is 4.79 Å². The van der Waals surface area contributed by atoms with Crippen molar-refractivity contribution >= 4 is 6.16 Å². The first-order chi connectivity index (χ1) is 8.17. The van der Waals surface area contributed by atoms with E-state index in [1.54, 1.807) is 0 Å². The second kappa shape index (κ2) is 6.62. The third kappa shape index (κ3) is 4.22. The van der Waals surface area contributed by atoms with Crippen LogP contribution in [0.1, 0.15) is 20.3 Å². The summed E-state index contributed by atoms with van der Waals surface area (Å²) in [6.45, 7) is 4.45. The lowest BCUT2D eigenvalue weighted by Gasteiger charge is -2.08. The van der Waals surface area contributed by atoms with Gasteiger partial charge in [-0.25, -0.2) is 4.79 Å². The van der Waals surface area contributed by atoms with E-state index < -0.39 is 6.16 Å². The summed E-state index contributed by atoms with van der Waals surface area (Å²) >= 11 is 0. The van der Waals surface area contributed by atoms with Crippen LogP contribution in [0.15, 0.2) is 18.2 Å². The lowest BCUT2D eigenvalue weighted by Crippen LogP contribution is -2.10. The van der Waals surface area contributed by atoms with Crippen LogP contribution in [0.2, 0.25) is 0 Å². The Labute approximate surface area is 99.9 Å². The third-order valence-electron chi connectivity index (χ3n) is 1.86. The average Bonchev–Trinajstić information content (AvgIpc) is 2.30. The number of carbonyl (C=O) groups excluding carboxylic acids is 1. The number of aromatic hydroxyl groups is 1. The molecule has 1 aromatic rings. The first-order valence-electron chi connectivity index (χ1n) is 5.47. The van der Waals surface area contributed by atoms with E-state index in [2.05, 4.69) is 0 Å². The smallest absolute Gasteiger partial charge is 0.504 e. The van der Waals surface area contributed by atoms with E-state index in [1.165, 1.54) is 18.2 Å². The monoisotopic (exact) mass is 240 g/mol. The van der Waals surface area contributed by atoms with Gasteiger partial charge in [0.05, 0.1) is 13.2 Å². The number of phenols is 1. The number of ether oxygens (including phenoxy) is 3. The molecule has 5 nitrogen and oxygen atoms in total. The molecule has 0 atom stereocenters. The van der Waals surface area contributed by atoms with E-state index in [9.17, 15) is 9.90 Å². The molecule has 17 heavy (non-hydrogen) atoms. The van der Waals surface area contributed by atoms with Crippen molar-refractivity contribution in [2.75, 3.05) is 13.2 Å². The second-order valence-electron chi connectivity index (χ2n) is 3.26. The summed E-state index contributed by atoms with van der Waals surface area (Å²) in [4.78, 5) is 11.1. The minimum atomic E-state index is -0.782. The Hall–Kier alpha value is -1.91. The molecule has 1 aromatic carbocycles. The summed E-state index contributed by atoms with van der Waals surface area (Å²) in [6.07, 6.45) is -0.0562. The van der Waals surface area contributed by atoms with Gasteiger partial charge in [0.25, 0.3) is 0 Å². The Balaban J connectivity index is 2.60. The van der Waals surface area contributed by atoms with Crippen molar-refractivity contribution in [2.45, 2.75) is 20.3 Å². The van der Waals surface area contributed by atoms with Gasteiger partial charge in [-0.2, -0.15) is 0 Å². The zero-order chi connectivity index (χ0) is 12.7. The molecule has 5 heteroatoms. The molecule has 1 N–H and O–H groups in total. The minimum absolute atomic E-state index is 0.0763. The molecule has 0 unspecified atom stereocenters. The van der Waals surface area contributed by atoms with Crippen LogP contribution in [0, 0.1) is 0 Å². The standard InChI is InChI=1S/C12H16O5/c1-3-7-16-12(14)17-9-5-6-11(15-4-2)10(13)8-9/h5-6,8,13H,3-4,7H2,1-2H3. The summed E-state index contributed by atoms with van der Waals surface area (Å²) in [5.41, 5.74) is 0. The van der Waals surface area contributed by atoms with Gasteiger partial charge >= 0.3 is 6.16 Å². The van der Waals surface area contributed by atoms with Gasteiger partial charge < -0.3 is 19.3 Å². The van der Waals surface area contributed by atoms with E-state index in [0.29, 0.717) is 19.0 Å². The number of hydrogen-bond acceptors (Lipinski definition) is 5. The maximum Gasteiger partial charge on any atom is 0.513 e. The van der Waals surface area contributed by atoms with Crippen LogP contribution in [0.5, 0.6) is 17.2 Å². The molecule has 0 saturated carbocycles. The quantitative estimate of drug-likeness (QED) is 0.633. The van der Waals surface area contributed by atoms with Crippen molar-refractivity contribution in [3.63, 3.8) is 0 Å². The number of hydrogen-bond donors (Lipinski definition) is 1. The van der Waals surface area contributed by atoms with Crippen LogP contribution in [-0.2, 0) is 4.74 Å². The Morgan fingerprint density at radius 3 is 2.71 bits per heavy atom. The SMILES string of the molecule is CCCOC(=O)Oc1ccc(OCC)c(O)c1. The molecule has 1 rings (SSSR count). The van der Waals surface area contributed by atoms with Crippen molar-refractivity contribution in [1.82, 2.24) is 0 Å². The van der Waals surface area contributed by atoms with E-state index in [1.807, 2.05) is 13.8 Å². The fourth-order valence-corrected chi connectivity index (χ4v) is 1.15. The fourth-order valence-electron chi connectivity index (χ4n) is 1.15. The Morgan fingerprint density at radius 1 is 1.35 bits per heavy atom. The van der Waals surface area contributed by atoms with Crippen LogP contribution < -0.4 is 9.47 Å². The molecule has 0 amide bonds. The number of carbonyl (C=O) groups is 1. The summed E-state index contributed by atoms with van der Waals surface area (Å²) in [5, 5.41) is 9.55. The van der Waals surface area contributed by atoms with Gasteiger partial charge in [0.2, 0.25) is 0 Å². The van der Waals surface area contributed by atoms with Crippen molar-refractivity contribution in [2.24, 2.45) is 0 Å². The van der Waals surface area contributed by atoms with Gasteiger partial charge in [-0.3, -0.25) is 0 Å². The van der Waals surface area contributed by atoms with Crippen molar-refractivity contribution in [1.29, 1.82) is 0 Å². The zero-order valence-electron chi connectivity index (χ0n) is 9.93. The Bertz CT molecular complexity index is 375. The molecule has 0 aliphatic heterocycles. The van der Waals surface area contributed by atoms with Gasteiger partial charge in [-0.15, -0.1) is 0 Å². The van der Waals surface area contributed by atoms with Crippen molar-refractivity contribution in [3.8, 4) is 17.2 Å². The first kappa shape index (κ1) is 13.2. The van der Waals surface area contributed by atoms with Crippen LogP contribution >= 0.6 is 0 Å². The Morgan fingerprint density at radius 2 is 2.12 bits per heavy atom. The van der Waals surface area contributed by atoms with Gasteiger partial charge in [-0.1, -0.05) is 6.92 Å².